The minimum Gasteiger partial charge on any atom is -0.471 e. The topological polar surface area (TPSA) is 71.5 Å². The van der Waals surface area contributed by atoms with E-state index in [4.69, 9.17) is 0 Å². The van der Waals surface area contributed by atoms with Gasteiger partial charge in [-0.2, -0.15) is 8.78 Å². The van der Waals surface area contributed by atoms with Gasteiger partial charge in [0.1, 0.15) is 0 Å². The number of aromatic nitrogens is 1. The number of likely N-dealkylation sites (N-methyl/N-ethyl adjacent to an activating group) is 1. The molecule has 0 bridgehead atoms. The van der Waals surface area contributed by atoms with Gasteiger partial charge in [0.2, 0.25) is 11.8 Å². The van der Waals surface area contributed by atoms with E-state index in [1.165, 1.54) is 11.0 Å². The van der Waals surface area contributed by atoms with Crippen LogP contribution in [0.4, 0.5) is 17.6 Å². The standard InChI is InChI=1S/C14H15F4N3O3/c1-21-6-9(4-11(21)22)20-12(23)8-2-3-10(19-5-8)24-7-14(17,18)13(15)16/h2-3,5,9,13H,4,6-7H2,1H3,(H,20,23). The number of nitrogens with one attached hydrogen (secondary N) is 1. The Labute approximate surface area is 134 Å². The molecule has 0 aromatic carbocycles. The number of likely N-dealkylation sites (tertiary alicyclic amines) is 1. The molecule has 10 heteroatoms. The highest BCUT2D eigenvalue weighted by molar-refractivity contribution is 5.94. The maximum atomic E-state index is 12.7. The summed E-state index contributed by atoms with van der Waals surface area (Å²) in [6.07, 6.45) is -2.57. The Kier molecular flexibility index (Phi) is 5.25. The summed E-state index contributed by atoms with van der Waals surface area (Å²) < 4.78 is 54.0. The molecule has 1 aromatic heterocycles. The van der Waals surface area contributed by atoms with E-state index in [9.17, 15) is 27.2 Å². The zero-order valence-electron chi connectivity index (χ0n) is 12.6. The van der Waals surface area contributed by atoms with Crippen LogP contribution in [0.2, 0.25) is 0 Å². The molecule has 132 valence electrons. The molecule has 0 spiro atoms. The van der Waals surface area contributed by atoms with Crippen molar-refractivity contribution in [3.05, 3.63) is 23.9 Å². The maximum absolute atomic E-state index is 12.7. The molecule has 0 aliphatic carbocycles. The number of hydrogen-bond donors (Lipinski definition) is 1. The van der Waals surface area contributed by atoms with Crippen LogP contribution in [0.3, 0.4) is 0 Å². The molecule has 1 N–H and O–H groups in total. The molecule has 6 nitrogen and oxygen atoms in total. The Morgan fingerprint density at radius 3 is 2.71 bits per heavy atom. The molecule has 1 aromatic rings. The van der Waals surface area contributed by atoms with Crippen molar-refractivity contribution in [3.8, 4) is 5.88 Å². The predicted molar refractivity (Wildman–Crippen MR) is 74.2 cm³/mol. The van der Waals surface area contributed by atoms with Gasteiger partial charge in [0, 0.05) is 32.3 Å². The van der Waals surface area contributed by atoms with E-state index < -0.39 is 24.9 Å². The minimum atomic E-state index is -4.28. The van der Waals surface area contributed by atoms with Gasteiger partial charge in [-0.25, -0.2) is 13.8 Å². The second kappa shape index (κ2) is 7.02. The van der Waals surface area contributed by atoms with Crippen molar-refractivity contribution in [1.82, 2.24) is 15.2 Å². The van der Waals surface area contributed by atoms with Crippen molar-refractivity contribution in [3.63, 3.8) is 0 Å². The van der Waals surface area contributed by atoms with Gasteiger partial charge in [-0.15, -0.1) is 0 Å². The van der Waals surface area contributed by atoms with Gasteiger partial charge in [-0.05, 0) is 6.07 Å². The Hall–Kier alpha value is -2.39. The molecule has 0 saturated carbocycles. The summed E-state index contributed by atoms with van der Waals surface area (Å²) in [7, 11) is 1.62. The number of hydrogen-bond acceptors (Lipinski definition) is 4. The van der Waals surface area contributed by atoms with E-state index in [1.54, 1.807) is 7.05 Å². The Morgan fingerprint density at radius 1 is 1.50 bits per heavy atom. The monoisotopic (exact) mass is 349 g/mol. The number of alkyl halides is 4. The van der Waals surface area contributed by atoms with Gasteiger partial charge in [0.15, 0.2) is 6.61 Å². The first-order chi connectivity index (χ1) is 11.2. The van der Waals surface area contributed by atoms with Gasteiger partial charge in [0.25, 0.3) is 5.91 Å². The average molecular weight is 349 g/mol. The highest BCUT2D eigenvalue weighted by Crippen LogP contribution is 2.23. The lowest BCUT2D eigenvalue weighted by atomic mass is 10.2. The van der Waals surface area contributed by atoms with E-state index in [0.717, 1.165) is 12.3 Å². The molecule has 1 unspecified atom stereocenters. The number of carbonyl (C=O) groups is 2. The van der Waals surface area contributed by atoms with Gasteiger partial charge < -0.3 is 15.0 Å². The molecule has 0 radical (unpaired) electrons. The fraction of sp³-hybridized carbons (Fsp3) is 0.500. The Morgan fingerprint density at radius 2 is 2.21 bits per heavy atom. The van der Waals surface area contributed by atoms with E-state index >= 15 is 0 Å². The molecule has 2 rings (SSSR count). The molecule has 1 aliphatic heterocycles. The van der Waals surface area contributed by atoms with Gasteiger partial charge in [0.05, 0.1) is 11.6 Å². The van der Waals surface area contributed by atoms with Crippen LogP contribution in [-0.2, 0) is 4.79 Å². The zero-order chi connectivity index (χ0) is 17.9. The van der Waals surface area contributed by atoms with Crippen LogP contribution in [0.25, 0.3) is 0 Å². The number of pyridine rings is 1. The number of rotatable bonds is 6. The summed E-state index contributed by atoms with van der Waals surface area (Å²) in [6, 6.07) is 2.07. The lowest BCUT2D eigenvalue weighted by Gasteiger charge is -2.15. The predicted octanol–water partition coefficient (Wildman–Crippen LogP) is 1.32. The fourth-order valence-electron chi connectivity index (χ4n) is 2.06. The normalized spacial score (nSPS) is 18.2. The van der Waals surface area contributed by atoms with E-state index in [1.807, 2.05) is 0 Å². The summed E-state index contributed by atoms with van der Waals surface area (Å²) >= 11 is 0. The minimum absolute atomic E-state index is 0.0814. The van der Waals surface area contributed by atoms with Crippen molar-refractivity contribution >= 4 is 11.8 Å². The Balaban J connectivity index is 1.89. The van der Waals surface area contributed by atoms with Crippen molar-refractivity contribution in [2.45, 2.75) is 24.8 Å². The van der Waals surface area contributed by atoms with Gasteiger partial charge in [-0.3, -0.25) is 9.59 Å². The number of nitrogens with zero attached hydrogens (tertiary/aromatic N) is 2. The largest absolute Gasteiger partial charge is 0.471 e. The highest BCUT2D eigenvalue weighted by Gasteiger charge is 2.41. The van der Waals surface area contributed by atoms with Crippen molar-refractivity contribution in [1.29, 1.82) is 0 Å². The highest BCUT2D eigenvalue weighted by atomic mass is 19.3. The van der Waals surface area contributed by atoms with Crippen LogP contribution in [0.15, 0.2) is 18.3 Å². The molecular weight excluding hydrogens is 334 g/mol. The summed E-state index contributed by atoms with van der Waals surface area (Å²) in [5.74, 6) is -5.15. The molecule has 2 heterocycles. The Bertz CT molecular complexity index is 610. The zero-order valence-corrected chi connectivity index (χ0v) is 12.6. The summed E-state index contributed by atoms with van der Waals surface area (Å²) in [4.78, 5) is 28.5. The number of halogens is 4. The molecular formula is C14H15F4N3O3. The number of amides is 2. The third kappa shape index (κ3) is 4.33. The second-order valence-corrected chi connectivity index (χ2v) is 5.38. The average Bonchev–Trinajstić information content (AvgIpc) is 2.83. The molecule has 24 heavy (non-hydrogen) atoms. The molecule has 1 fully saturated rings. The lowest BCUT2D eigenvalue weighted by Crippen LogP contribution is -2.36. The first-order valence-corrected chi connectivity index (χ1v) is 6.98. The van der Waals surface area contributed by atoms with Crippen molar-refractivity contribution in [2.24, 2.45) is 0 Å². The van der Waals surface area contributed by atoms with E-state index in [2.05, 4.69) is 15.0 Å². The summed E-state index contributed by atoms with van der Waals surface area (Å²) in [6.45, 7) is -1.12. The van der Waals surface area contributed by atoms with Crippen LogP contribution in [0.1, 0.15) is 16.8 Å². The van der Waals surface area contributed by atoms with Gasteiger partial charge >= 0.3 is 12.3 Å². The quantitative estimate of drug-likeness (QED) is 0.787. The maximum Gasteiger partial charge on any atom is 0.340 e. The van der Waals surface area contributed by atoms with E-state index in [0.29, 0.717) is 6.54 Å². The smallest absolute Gasteiger partial charge is 0.340 e. The van der Waals surface area contributed by atoms with Crippen LogP contribution in [-0.4, -0.2) is 60.3 Å². The number of carbonyl (C=O) groups excluding carboxylic acids is 2. The SMILES string of the molecule is CN1CC(NC(=O)c2ccc(OCC(F)(F)C(F)F)nc2)CC1=O. The van der Waals surface area contributed by atoms with Crippen LogP contribution >= 0.6 is 0 Å². The van der Waals surface area contributed by atoms with Crippen molar-refractivity contribution < 1.29 is 31.9 Å². The van der Waals surface area contributed by atoms with E-state index in [-0.39, 0.29) is 29.8 Å². The second-order valence-electron chi connectivity index (χ2n) is 5.38. The fourth-order valence-corrected chi connectivity index (χ4v) is 2.06. The van der Waals surface area contributed by atoms with Crippen LogP contribution in [0.5, 0.6) is 5.88 Å². The molecule has 1 saturated heterocycles. The van der Waals surface area contributed by atoms with Gasteiger partial charge in [-0.1, -0.05) is 0 Å². The van der Waals surface area contributed by atoms with Crippen molar-refractivity contribution in [2.75, 3.05) is 20.2 Å². The molecule has 2 amide bonds. The van der Waals surface area contributed by atoms with Crippen LogP contribution in [0, 0.1) is 0 Å². The summed E-state index contributed by atoms with van der Waals surface area (Å²) in [5, 5.41) is 2.65. The first kappa shape index (κ1) is 18.0. The summed E-state index contributed by atoms with van der Waals surface area (Å²) in [5.41, 5.74) is 0.130. The first-order valence-electron chi connectivity index (χ1n) is 6.98. The third-order valence-electron chi connectivity index (χ3n) is 3.41. The molecule has 1 aliphatic rings. The number of ether oxygens (including phenoxy) is 1. The molecule has 1 atom stereocenters. The third-order valence-corrected chi connectivity index (χ3v) is 3.41. The van der Waals surface area contributed by atoms with Crippen LogP contribution < -0.4 is 10.1 Å². The lowest BCUT2D eigenvalue weighted by molar-refractivity contribution is -0.148.